The zero-order chi connectivity index (χ0) is 11.1. The van der Waals surface area contributed by atoms with Gasteiger partial charge in [0, 0.05) is 6.07 Å². The first-order valence-electron chi connectivity index (χ1n) is 5.08. The Hall–Kier alpha value is -1.00. The molecule has 0 radical (unpaired) electrons. The Morgan fingerprint density at radius 2 is 1.73 bits per heavy atom. The zero-order valence-corrected chi connectivity index (χ0v) is 8.60. The maximum absolute atomic E-state index is 12.8. The molecule has 0 spiro atoms. The second-order valence-corrected chi connectivity index (χ2v) is 3.42. The molecule has 4 heteroatoms. The molecule has 1 aromatic carbocycles. The van der Waals surface area contributed by atoms with Crippen molar-refractivity contribution in [3.05, 3.63) is 35.4 Å². The Morgan fingerprint density at radius 1 is 1.07 bits per heavy atom. The maximum atomic E-state index is 12.8. The van der Waals surface area contributed by atoms with E-state index in [0.717, 1.165) is 19.0 Å². The highest BCUT2D eigenvalue weighted by Crippen LogP contribution is 2.07. The molecule has 0 aliphatic rings. The van der Waals surface area contributed by atoms with E-state index in [1.807, 2.05) is 0 Å². The molecule has 0 aromatic heterocycles. The number of nitrogens with one attached hydrogen (secondary N) is 1. The van der Waals surface area contributed by atoms with Gasteiger partial charge in [-0.1, -0.05) is 0 Å². The highest BCUT2D eigenvalue weighted by molar-refractivity contribution is 5.18. The van der Waals surface area contributed by atoms with Crippen molar-refractivity contribution in [1.29, 1.82) is 0 Å². The third-order valence-electron chi connectivity index (χ3n) is 2.07. The van der Waals surface area contributed by atoms with Gasteiger partial charge < -0.3 is 11.1 Å². The van der Waals surface area contributed by atoms with Crippen LogP contribution in [0.5, 0.6) is 0 Å². The van der Waals surface area contributed by atoms with Gasteiger partial charge in [-0.2, -0.15) is 0 Å². The summed E-state index contributed by atoms with van der Waals surface area (Å²) in [6, 6.07) is 3.59. The summed E-state index contributed by atoms with van der Waals surface area (Å²) >= 11 is 0. The van der Waals surface area contributed by atoms with E-state index >= 15 is 0 Å². The van der Waals surface area contributed by atoms with Gasteiger partial charge in [-0.3, -0.25) is 0 Å². The summed E-state index contributed by atoms with van der Waals surface area (Å²) in [5.74, 6) is -1.04. The summed E-state index contributed by atoms with van der Waals surface area (Å²) < 4.78 is 25.6. The van der Waals surface area contributed by atoms with Crippen LogP contribution < -0.4 is 11.1 Å². The van der Waals surface area contributed by atoms with Gasteiger partial charge in [-0.15, -0.1) is 0 Å². The van der Waals surface area contributed by atoms with Crippen LogP contribution >= 0.6 is 0 Å². The van der Waals surface area contributed by atoms with E-state index in [1.54, 1.807) is 0 Å². The molecule has 0 bridgehead atoms. The molecule has 84 valence electrons. The molecule has 0 atom stereocenters. The lowest BCUT2D eigenvalue weighted by molar-refractivity contribution is 0.577. The van der Waals surface area contributed by atoms with Gasteiger partial charge in [0.2, 0.25) is 0 Å². The molecule has 1 aromatic rings. The molecule has 15 heavy (non-hydrogen) atoms. The minimum Gasteiger partial charge on any atom is -0.330 e. The van der Waals surface area contributed by atoms with Crippen LogP contribution in [-0.2, 0) is 6.42 Å². The van der Waals surface area contributed by atoms with Gasteiger partial charge in [-0.25, -0.2) is 8.78 Å². The van der Waals surface area contributed by atoms with Crippen molar-refractivity contribution < 1.29 is 8.78 Å². The van der Waals surface area contributed by atoms with Crippen LogP contribution in [0.25, 0.3) is 0 Å². The molecule has 0 unspecified atom stereocenters. The van der Waals surface area contributed by atoms with Crippen molar-refractivity contribution in [2.45, 2.75) is 12.8 Å². The van der Waals surface area contributed by atoms with Crippen LogP contribution in [0.15, 0.2) is 18.2 Å². The molecule has 0 aliphatic heterocycles. The van der Waals surface area contributed by atoms with Crippen molar-refractivity contribution >= 4 is 0 Å². The molecule has 0 saturated carbocycles. The molecule has 0 amide bonds. The standard InChI is InChI=1S/C11H16F2N2/c12-10-6-9(7-11(13)8-10)2-5-15-4-1-3-14/h6-8,15H,1-5,14H2. The first-order valence-corrected chi connectivity index (χ1v) is 5.08. The number of benzene rings is 1. The Labute approximate surface area is 88.5 Å². The molecular formula is C11H16F2N2. The second-order valence-electron chi connectivity index (χ2n) is 3.42. The fourth-order valence-electron chi connectivity index (χ4n) is 1.34. The lowest BCUT2D eigenvalue weighted by atomic mass is 10.1. The van der Waals surface area contributed by atoms with Crippen molar-refractivity contribution in [2.24, 2.45) is 5.73 Å². The summed E-state index contributed by atoms with van der Waals surface area (Å²) in [5, 5.41) is 3.15. The van der Waals surface area contributed by atoms with E-state index in [4.69, 9.17) is 5.73 Å². The van der Waals surface area contributed by atoms with Gasteiger partial charge in [0.15, 0.2) is 0 Å². The van der Waals surface area contributed by atoms with Crippen molar-refractivity contribution in [2.75, 3.05) is 19.6 Å². The predicted molar refractivity (Wildman–Crippen MR) is 56.6 cm³/mol. The van der Waals surface area contributed by atoms with E-state index < -0.39 is 11.6 Å². The minimum atomic E-state index is -0.521. The van der Waals surface area contributed by atoms with Gasteiger partial charge in [0.05, 0.1) is 0 Å². The largest absolute Gasteiger partial charge is 0.330 e. The second kappa shape index (κ2) is 6.48. The summed E-state index contributed by atoms with van der Waals surface area (Å²) in [5.41, 5.74) is 6.00. The van der Waals surface area contributed by atoms with E-state index in [2.05, 4.69) is 5.32 Å². The quantitative estimate of drug-likeness (QED) is 0.703. The van der Waals surface area contributed by atoms with Crippen LogP contribution in [0.2, 0.25) is 0 Å². The average Bonchev–Trinajstić information content (AvgIpc) is 2.16. The number of hydrogen-bond acceptors (Lipinski definition) is 2. The topological polar surface area (TPSA) is 38.0 Å². The minimum absolute atomic E-state index is 0.521. The fourth-order valence-corrected chi connectivity index (χ4v) is 1.34. The van der Waals surface area contributed by atoms with Crippen molar-refractivity contribution in [3.8, 4) is 0 Å². The Morgan fingerprint density at radius 3 is 2.33 bits per heavy atom. The molecule has 0 fully saturated rings. The predicted octanol–water partition coefficient (Wildman–Crippen LogP) is 1.45. The normalized spacial score (nSPS) is 10.6. The monoisotopic (exact) mass is 214 g/mol. The van der Waals surface area contributed by atoms with Crippen LogP contribution in [-0.4, -0.2) is 19.6 Å². The number of rotatable bonds is 6. The summed E-state index contributed by atoms with van der Waals surface area (Å²) in [4.78, 5) is 0. The smallest absolute Gasteiger partial charge is 0.126 e. The Kier molecular flexibility index (Phi) is 5.21. The molecular weight excluding hydrogens is 198 g/mol. The van der Waals surface area contributed by atoms with Gasteiger partial charge >= 0.3 is 0 Å². The summed E-state index contributed by atoms with van der Waals surface area (Å²) in [6.07, 6.45) is 1.54. The Bertz CT molecular complexity index is 282. The van der Waals surface area contributed by atoms with Gasteiger partial charge in [0.1, 0.15) is 11.6 Å². The van der Waals surface area contributed by atoms with Gasteiger partial charge in [-0.05, 0) is 50.2 Å². The first-order chi connectivity index (χ1) is 7.22. The summed E-state index contributed by atoms with van der Waals surface area (Å²) in [6.45, 7) is 2.21. The summed E-state index contributed by atoms with van der Waals surface area (Å²) in [7, 11) is 0. The van der Waals surface area contributed by atoms with Crippen LogP contribution in [0.3, 0.4) is 0 Å². The fraction of sp³-hybridized carbons (Fsp3) is 0.455. The lowest BCUT2D eigenvalue weighted by Crippen LogP contribution is -2.20. The van der Waals surface area contributed by atoms with Gasteiger partial charge in [0.25, 0.3) is 0 Å². The lowest BCUT2D eigenvalue weighted by Gasteiger charge is -2.04. The average molecular weight is 214 g/mol. The number of halogens is 2. The molecule has 2 nitrogen and oxygen atoms in total. The van der Waals surface area contributed by atoms with Crippen molar-refractivity contribution in [1.82, 2.24) is 5.32 Å². The molecule has 0 heterocycles. The van der Waals surface area contributed by atoms with Crippen LogP contribution in [0.1, 0.15) is 12.0 Å². The third-order valence-corrected chi connectivity index (χ3v) is 2.07. The van der Waals surface area contributed by atoms with E-state index in [0.29, 0.717) is 25.1 Å². The molecule has 0 saturated heterocycles. The molecule has 0 aliphatic carbocycles. The van der Waals surface area contributed by atoms with E-state index in [9.17, 15) is 8.78 Å². The van der Waals surface area contributed by atoms with Crippen molar-refractivity contribution in [3.63, 3.8) is 0 Å². The highest BCUT2D eigenvalue weighted by atomic mass is 19.1. The number of hydrogen-bond donors (Lipinski definition) is 2. The molecule has 1 rings (SSSR count). The third kappa shape index (κ3) is 4.85. The van der Waals surface area contributed by atoms with Crippen LogP contribution in [0, 0.1) is 11.6 Å². The molecule has 3 N–H and O–H groups in total. The first kappa shape index (κ1) is 12.1. The van der Waals surface area contributed by atoms with E-state index in [-0.39, 0.29) is 0 Å². The SMILES string of the molecule is NCCCNCCc1cc(F)cc(F)c1. The van der Waals surface area contributed by atoms with Crippen LogP contribution in [0.4, 0.5) is 8.78 Å². The number of nitrogens with two attached hydrogens (primary N) is 1. The highest BCUT2D eigenvalue weighted by Gasteiger charge is 1.99. The zero-order valence-electron chi connectivity index (χ0n) is 8.60. The van der Waals surface area contributed by atoms with E-state index in [1.165, 1.54) is 12.1 Å². The maximum Gasteiger partial charge on any atom is 0.126 e. The Balaban J connectivity index is 2.31.